The number of hydrogen-bond acceptors (Lipinski definition) is 7. The molecule has 8 nitrogen and oxygen atoms in total. The summed E-state index contributed by atoms with van der Waals surface area (Å²) in [7, 11) is 0. The second-order valence-corrected chi connectivity index (χ2v) is 7.45. The molecule has 144 valence electrons. The van der Waals surface area contributed by atoms with Crippen molar-refractivity contribution >= 4 is 57.8 Å². The van der Waals surface area contributed by atoms with Crippen molar-refractivity contribution in [1.29, 1.82) is 0 Å². The highest BCUT2D eigenvalue weighted by molar-refractivity contribution is 8.26. The number of benzene rings is 1. The Bertz CT molecular complexity index is 1000. The van der Waals surface area contributed by atoms with Gasteiger partial charge in [0.15, 0.2) is 0 Å². The first kappa shape index (κ1) is 19.6. The van der Waals surface area contributed by atoms with Gasteiger partial charge in [0.25, 0.3) is 5.91 Å². The molecule has 2 amide bonds. The van der Waals surface area contributed by atoms with Gasteiger partial charge in [-0.1, -0.05) is 24.0 Å². The van der Waals surface area contributed by atoms with E-state index in [0.29, 0.717) is 10.7 Å². The number of nitrogens with one attached hydrogen (secondary N) is 1. The molecule has 0 unspecified atom stereocenters. The van der Waals surface area contributed by atoms with Crippen molar-refractivity contribution in [1.82, 2.24) is 4.90 Å². The van der Waals surface area contributed by atoms with Gasteiger partial charge in [-0.25, -0.2) is 4.79 Å². The van der Waals surface area contributed by atoms with Gasteiger partial charge in [-0.15, -0.1) is 0 Å². The Balaban J connectivity index is 1.76. The van der Waals surface area contributed by atoms with Crippen molar-refractivity contribution < 1.29 is 29.0 Å². The van der Waals surface area contributed by atoms with Gasteiger partial charge in [-0.3, -0.25) is 14.5 Å². The number of amides is 2. The van der Waals surface area contributed by atoms with E-state index in [-0.39, 0.29) is 15.6 Å². The summed E-state index contributed by atoms with van der Waals surface area (Å²) >= 11 is 6.29. The van der Waals surface area contributed by atoms with Crippen LogP contribution in [0.15, 0.2) is 45.9 Å². The van der Waals surface area contributed by atoms with E-state index in [1.807, 2.05) is 0 Å². The molecular formula is C18H14N2O6S2. The summed E-state index contributed by atoms with van der Waals surface area (Å²) in [5.74, 6) is -2.24. The van der Waals surface area contributed by atoms with Gasteiger partial charge in [0.1, 0.15) is 27.4 Å². The smallest absolute Gasteiger partial charge is 0.339 e. The van der Waals surface area contributed by atoms with Gasteiger partial charge in [-0.05, 0) is 37.3 Å². The van der Waals surface area contributed by atoms with E-state index >= 15 is 0 Å². The van der Waals surface area contributed by atoms with Crippen molar-refractivity contribution in [3.63, 3.8) is 0 Å². The van der Waals surface area contributed by atoms with Crippen molar-refractivity contribution in [3.8, 4) is 5.75 Å². The fraction of sp³-hybridized carbons (Fsp3) is 0.111. The molecule has 0 radical (unpaired) electrons. The largest absolute Gasteiger partial charge is 0.507 e. The molecule has 1 aliphatic rings. The average molecular weight is 418 g/mol. The van der Waals surface area contributed by atoms with Crippen LogP contribution < -0.4 is 5.32 Å². The number of carboxylic acids is 1. The summed E-state index contributed by atoms with van der Waals surface area (Å²) in [4.78, 5) is 37.8. The highest BCUT2D eigenvalue weighted by Gasteiger charge is 2.38. The third-order valence-corrected chi connectivity index (χ3v) is 5.23. The summed E-state index contributed by atoms with van der Waals surface area (Å²) in [6.07, 6.45) is 3.02. The molecular weight excluding hydrogens is 404 g/mol. The van der Waals surface area contributed by atoms with E-state index in [2.05, 4.69) is 5.32 Å². The molecule has 3 N–H and O–H groups in total. The van der Waals surface area contributed by atoms with Crippen molar-refractivity contribution in [2.75, 3.05) is 5.32 Å². The van der Waals surface area contributed by atoms with Crippen LogP contribution in [0.2, 0.25) is 0 Å². The first-order chi connectivity index (χ1) is 13.3. The summed E-state index contributed by atoms with van der Waals surface area (Å²) in [6, 6.07) is 6.09. The summed E-state index contributed by atoms with van der Waals surface area (Å²) < 4.78 is 5.41. The molecule has 0 spiro atoms. The van der Waals surface area contributed by atoms with E-state index in [1.54, 1.807) is 18.2 Å². The minimum atomic E-state index is -1.33. The van der Waals surface area contributed by atoms with Crippen LogP contribution in [0.25, 0.3) is 6.08 Å². The van der Waals surface area contributed by atoms with Crippen LogP contribution in [0.5, 0.6) is 5.75 Å². The van der Waals surface area contributed by atoms with Crippen LogP contribution in [0.3, 0.4) is 0 Å². The lowest BCUT2D eigenvalue weighted by molar-refractivity contribution is -0.129. The number of thiocarbonyl (C=S) groups is 1. The summed E-state index contributed by atoms with van der Waals surface area (Å²) in [5.41, 5.74) is -0.180. The van der Waals surface area contributed by atoms with Gasteiger partial charge in [0.05, 0.1) is 11.2 Å². The van der Waals surface area contributed by atoms with Gasteiger partial charge >= 0.3 is 5.97 Å². The van der Waals surface area contributed by atoms with Crippen LogP contribution in [0, 0.1) is 0 Å². The Morgan fingerprint density at radius 2 is 2.11 bits per heavy atom. The number of nitrogens with zero attached hydrogens (tertiary/aromatic N) is 1. The second-order valence-electron chi connectivity index (χ2n) is 5.77. The SMILES string of the molecule is C[C@@H](C(=O)Nc1ccc(O)c(C(=O)O)c1)N1C(=O)/C(=C/c2ccco2)SC1=S. The quantitative estimate of drug-likeness (QED) is 0.385. The molecule has 2 aromatic rings. The fourth-order valence-corrected chi connectivity index (χ4v) is 3.86. The molecule has 2 heterocycles. The van der Waals surface area contributed by atoms with E-state index in [9.17, 15) is 19.5 Å². The number of hydrogen-bond donors (Lipinski definition) is 3. The maximum absolute atomic E-state index is 12.6. The van der Waals surface area contributed by atoms with E-state index < -0.39 is 29.6 Å². The van der Waals surface area contributed by atoms with E-state index in [1.165, 1.54) is 24.2 Å². The Labute approximate surface area is 168 Å². The third-order valence-electron chi connectivity index (χ3n) is 3.90. The Kier molecular flexibility index (Phi) is 5.52. The molecule has 0 saturated carbocycles. The molecule has 0 bridgehead atoms. The zero-order valence-corrected chi connectivity index (χ0v) is 16.0. The number of anilines is 1. The van der Waals surface area contributed by atoms with Crippen LogP contribution in [0.4, 0.5) is 5.69 Å². The lowest BCUT2D eigenvalue weighted by Gasteiger charge is -2.22. The van der Waals surface area contributed by atoms with Crippen LogP contribution >= 0.6 is 24.0 Å². The number of carboxylic acid groups (broad SMARTS) is 1. The van der Waals surface area contributed by atoms with Crippen LogP contribution in [0.1, 0.15) is 23.0 Å². The Hall–Kier alpha value is -3.11. The summed E-state index contributed by atoms with van der Waals surface area (Å²) in [5, 5.41) is 21.1. The molecule has 1 aliphatic heterocycles. The zero-order chi connectivity index (χ0) is 20.4. The number of furan rings is 1. The first-order valence-electron chi connectivity index (χ1n) is 7.95. The number of aromatic hydroxyl groups is 1. The normalized spacial score (nSPS) is 16.5. The molecule has 0 aliphatic carbocycles. The Morgan fingerprint density at radius 3 is 2.75 bits per heavy atom. The monoisotopic (exact) mass is 418 g/mol. The number of thioether (sulfide) groups is 1. The number of phenols is 1. The van der Waals surface area contributed by atoms with Gasteiger partial charge < -0.3 is 19.9 Å². The predicted octanol–water partition coefficient (Wildman–Crippen LogP) is 2.91. The maximum atomic E-state index is 12.6. The van der Waals surface area contributed by atoms with Gasteiger partial charge in [0.2, 0.25) is 5.91 Å². The first-order valence-corrected chi connectivity index (χ1v) is 9.18. The molecule has 1 atom stereocenters. The number of carbonyl (C=O) groups excluding carboxylic acids is 2. The summed E-state index contributed by atoms with van der Waals surface area (Å²) in [6.45, 7) is 1.51. The Morgan fingerprint density at radius 1 is 1.36 bits per heavy atom. The van der Waals surface area contributed by atoms with Crippen LogP contribution in [-0.4, -0.2) is 43.3 Å². The molecule has 1 fully saturated rings. The minimum absolute atomic E-state index is 0.170. The number of carbonyl (C=O) groups is 3. The predicted molar refractivity (Wildman–Crippen MR) is 107 cm³/mol. The molecule has 28 heavy (non-hydrogen) atoms. The third kappa shape index (κ3) is 3.92. The highest BCUT2D eigenvalue weighted by atomic mass is 32.2. The average Bonchev–Trinajstić information content (AvgIpc) is 3.24. The minimum Gasteiger partial charge on any atom is -0.507 e. The maximum Gasteiger partial charge on any atom is 0.339 e. The van der Waals surface area contributed by atoms with Gasteiger partial charge in [-0.2, -0.15) is 0 Å². The molecule has 1 aromatic heterocycles. The standard InChI is InChI=1S/C18H14N2O6S2/c1-9(15(22)19-10-4-5-13(21)12(7-10)17(24)25)20-16(23)14(28-18(20)27)8-11-3-2-6-26-11/h2-9,21H,1H3,(H,19,22)(H,24,25)/b14-8-/t9-/m0/s1. The fourth-order valence-electron chi connectivity index (χ4n) is 2.47. The van der Waals surface area contributed by atoms with E-state index in [0.717, 1.165) is 23.9 Å². The highest BCUT2D eigenvalue weighted by Crippen LogP contribution is 2.34. The lowest BCUT2D eigenvalue weighted by atomic mass is 10.1. The van der Waals surface area contributed by atoms with E-state index in [4.69, 9.17) is 21.7 Å². The van der Waals surface area contributed by atoms with Crippen molar-refractivity contribution in [3.05, 3.63) is 52.8 Å². The van der Waals surface area contributed by atoms with Crippen LogP contribution in [-0.2, 0) is 9.59 Å². The topological polar surface area (TPSA) is 120 Å². The molecule has 10 heteroatoms. The molecule has 3 rings (SSSR count). The lowest BCUT2D eigenvalue weighted by Crippen LogP contribution is -2.44. The number of aromatic carboxylic acids is 1. The molecule has 1 saturated heterocycles. The zero-order valence-electron chi connectivity index (χ0n) is 14.4. The second kappa shape index (κ2) is 7.87. The van der Waals surface area contributed by atoms with Gasteiger partial charge in [0, 0.05) is 11.8 Å². The van der Waals surface area contributed by atoms with Crippen molar-refractivity contribution in [2.24, 2.45) is 0 Å². The van der Waals surface area contributed by atoms with Crippen molar-refractivity contribution in [2.45, 2.75) is 13.0 Å². The number of rotatable bonds is 5. The molecule has 1 aromatic carbocycles.